The zero-order valence-electron chi connectivity index (χ0n) is 54.6. The Hall–Kier alpha value is 1.54. The van der Waals surface area contributed by atoms with Gasteiger partial charge in [0.1, 0.15) is 0 Å². The SMILES string of the molecule is Brc1csc2c(Br)csc12.CCCCCCCCCCCCc1[c]([Sn]([CH3])([CH3])[CH3])sc2c(CCCCCCCCCCCC)[c]([Sn]([CH3])([CH3])[CH3])sc12.CCCCCCCCCCCCc1csc2c(CCCCCCCCCCCC)csc12. The van der Waals surface area contributed by atoms with Crippen molar-refractivity contribution in [3.63, 3.8) is 0 Å². The Morgan fingerprint density at radius 2 is 0.488 bits per heavy atom. The molecule has 6 heterocycles. The Balaban J connectivity index is 0.000000304. The van der Waals surface area contributed by atoms with Crippen LogP contribution < -0.4 is 5.79 Å². The zero-order chi connectivity index (χ0) is 59.3. The van der Waals surface area contributed by atoms with Crippen molar-refractivity contribution in [2.75, 3.05) is 0 Å². The maximum atomic E-state index is 3.48. The van der Waals surface area contributed by atoms with Crippen LogP contribution >= 0.6 is 99.9 Å². The summed E-state index contributed by atoms with van der Waals surface area (Å²) in [6.45, 7) is 9.24. The van der Waals surface area contributed by atoms with E-state index in [0.717, 1.165) is 0 Å². The number of fused-ring (bicyclic) bond motifs is 3. The minimum Gasteiger partial charge on any atom is -0.142 e. The van der Waals surface area contributed by atoms with Crippen LogP contribution in [0.2, 0.25) is 29.6 Å². The zero-order valence-corrected chi connectivity index (χ0v) is 68.4. The van der Waals surface area contributed by atoms with E-state index >= 15 is 0 Å². The number of halogens is 2. The second-order valence-corrected chi connectivity index (χ2v) is 64.6. The van der Waals surface area contributed by atoms with Crippen LogP contribution in [0.3, 0.4) is 0 Å². The smallest absolute Gasteiger partial charge is 0.0485 e. The molecule has 0 unspecified atom stereocenters. The van der Waals surface area contributed by atoms with Gasteiger partial charge in [0.25, 0.3) is 0 Å². The van der Waals surface area contributed by atoms with Crippen molar-refractivity contribution in [1.82, 2.24) is 0 Å². The van der Waals surface area contributed by atoms with E-state index in [-0.39, 0.29) is 0 Å². The first-order valence-electron chi connectivity index (χ1n) is 34.6. The third-order valence-electron chi connectivity index (χ3n) is 16.9. The van der Waals surface area contributed by atoms with E-state index in [0.29, 0.717) is 0 Å². The molecule has 0 amide bonds. The van der Waals surface area contributed by atoms with Crippen LogP contribution in [-0.2, 0) is 25.7 Å². The van der Waals surface area contributed by atoms with Crippen molar-refractivity contribution < 1.29 is 0 Å². The summed E-state index contributed by atoms with van der Waals surface area (Å²) in [5.74, 6) is 0. The molecular weight excluding hydrogens is 1450 g/mol. The van der Waals surface area contributed by atoms with E-state index in [1.54, 1.807) is 52.6 Å². The number of thiophene rings is 6. The minimum absolute atomic E-state index is 1.21. The molecule has 0 aliphatic carbocycles. The predicted octanol–water partition coefficient (Wildman–Crippen LogP) is 29.4. The van der Waals surface area contributed by atoms with E-state index < -0.39 is 36.8 Å². The third kappa shape index (κ3) is 29.7. The maximum Gasteiger partial charge on any atom is 0.0485 e. The van der Waals surface area contributed by atoms with Crippen molar-refractivity contribution >= 4 is 171 Å². The molecule has 0 atom stereocenters. The topological polar surface area (TPSA) is 0 Å². The standard InChI is InChI=1S/C30H52S2.C30H50S2.C6H2Br2S2.6CH3.2Sn/c2*1-3-5-7-9-11-13-15-17-19-21-23-27-25-31-30-28(26-32-29(27)30)24-22-20-18-16-14-12-10-8-6-4-2;7-3-1-9-6-4(8)2-10-5(3)6;;;;;;;;/h25-26H,3-24H2,1-2H3;3-24H2,1-2H3;1-2H;6*1H3;;. The molecule has 0 nitrogen and oxygen atoms in total. The summed E-state index contributed by atoms with van der Waals surface area (Å²) in [6, 6.07) is 0. The van der Waals surface area contributed by atoms with Gasteiger partial charge in [-0.05, 0) is 79.4 Å². The van der Waals surface area contributed by atoms with Gasteiger partial charge < -0.3 is 0 Å². The molecule has 0 aromatic carbocycles. The summed E-state index contributed by atoms with van der Waals surface area (Å²) in [4.78, 5) is 16.0. The van der Waals surface area contributed by atoms with Crippen LogP contribution in [0.4, 0.5) is 0 Å². The molecule has 0 aliphatic heterocycles. The molecule has 0 aliphatic rings. The Morgan fingerprint density at radius 3 is 0.732 bits per heavy atom. The second kappa shape index (κ2) is 45.7. The first-order valence-corrected chi connectivity index (χ1v) is 61.3. The molecule has 0 radical (unpaired) electrons. The van der Waals surface area contributed by atoms with Crippen LogP contribution in [0.5, 0.6) is 0 Å². The van der Waals surface area contributed by atoms with Crippen LogP contribution in [0.25, 0.3) is 28.2 Å². The molecule has 0 saturated heterocycles. The number of hydrogen-bond donors (Lipinski definition) is 0. The summed E-state index contributed by atoms with van der Waals surface area (Å²) < 4.78 is 15.7. The largest absolute Gasteiger partial charge is 0.142 e. The van der Waals surface area contributed by atoms with Gasteiger partial charge in [0.15, 0.2) is 0 Å². The fraction of sp³-hybridized carbons (Fsp3) is 0.750. The molecule has 0 spiro atoms. The van der Waals surface area contributed by atoms with Crippen LogP contribution in [-0.4, -0.2) is 36.8 Å². The van der Waals surface area contributed by atoms with E-state index in [9.17, 15) is 0 Å². The number of rotatable bonds is 46. The molecule has 82 heavy (non-hydrogen) atoms. The summed E-state index contributed by atoms with van der Waals surface area (Å²) in [6.07, 6.45) is 62.7. The molecule has 0 fully saturated rings. The van der Waals surface area contributed by atoms with Crippen LogP contribution in [0.15, 0.2) is 30.5 Å². The fourth-order valence-electron chi connectivity index (χ4n) is 11.9. The second-order valence-electron chi connectivity index (χ2n) is 26.7. The van der Waals surface area contributed by atoms with Gasteiger partial charge in [-0.25, -0.2) is 0 Å². The van der Waals surface area contributed by atoms with Gasteiger partial charge in [-0.2, -0.15) is 0 Å². The summed E-state index contributed by atoms with van der Waals surface area (Å²) in [5, 5.41) is 9.17. The Labute approximate surface area is 556 Å². The van der Waals surface area contributed by atoms with Crippen molar-refractivity contribution in [3.05, 3.63) is 52.7 Å². The number of unbranched alkanes of at least 4 members (excludes halogenated alkanes) is 36. The average molecular weight is 1580 g/mol. The maximum absolute atomic E-state index is 3.48. The van der Waals surface area contributed by atoms with E-state index in [2.05, 4.69) is 133 Å². The summed E-state index contributed by atoms with van der Waals surface area (Å²) in [5.41, 5.74) is 6.98. The van der Waals surface area contributed by atoms with Gasteiger partial charge in [-0.1, -0.05) is 156 Å². The third-order valence-corrected chi connectivity index (χ3v) is 45.5. The molecule has 0 saturated carbocycles. The monoisotopic (exact) mass is 1580 g/mol. The van der Waals surface area contributed by atoms with Gasteiger partial charge in [0.2, 0.25) is 0 Å². The Kier molecular flexibility index (Phi) is 42.4. The van der Waals surface area contributed by atoms with Crippen molar-refractivity contribution in [1.29, 1.82) is 0 Å². The van der Waals surface area contributed by atoms with Crippen molar-refractivity contribution in [2.24, 2.45) is 0 Å². The van der Waals surface area contributed by atoms with E-state index in [4.69, 9.17) is 0 Å². The van der Waals surface area contributed by atoms with E-state index in [1.165, 1.54) is 301 Å². The predicted molar refractivity (Wildman–Crippen MR) is 403 cm³/mol. The van der Waals surface area contributed by atoms with Gasteiger partial charge in [0.05, 0.1) is 9.40 Å². The number of aryl methyl sites for hydroxylation is 4. The fourth-order valence-corrected chi connectivity index (χ4v) is 35.3. The molecule has 0 N–H and O–H groups in total. The van der Waals surface area contributed by atoms with Gasteiger partial charge >= 0.3 is 244 Å². The molecule has 0 bridgehead atoms. The molecular formula is C72H122Br2S6Sn2. The number of hydrogen-bond acceptors (Lipinski definition) is 6. The molecule has 10 heteroatoms. The van der Waals surface area contributed by atoms with Gasteiger partial charge in [-0.15, -0.1) is 45.3 Å². The Morgan fingerprint density at radius 1 is 0.268 bits per heavy atom. The average Bonchev–Trinajstić information content (AvgIpc) is 3.46. The normalized spacial score (nSPS) is 12.1. The first kappa shape index (κ1) is 76.0. The van der Waals surface area contributed by atoms with E-state index in [1.807, 2.05) is 39.6 Å². The summed E-state index contributed by atoms with van der Waals surface area (Å²) in [7, 11) is 0. The molecule has 468 valence electrons. The van der Waals surface area contributed by atoms with Crippen molar-refractivity contribution in [2.45, 2.75) is 340 Å². The quantitative estimate of drug-likeness (QED) is 0.0264. The van der Waals surface area contributed by atoms with Crippen LogP contribution in [0, 0.1) is 0 Å². The minimum atomic E-state index is -2.15. The molecule has 6 rings (SSSR count). The molecule has 6 aromatic heterocycles. The van der Waals surface area contributed by atoms with Crippen molar-refractivity contribution in [3.8, 4) is 0 Å². The van der Waals surface area contributed by atoms with Gasteiger partial charge in [0, 0.05) is 29.1 Å². The van der Waals surface area contributed by atoms with Crippen LogP contribution in [0.1, 0.15) is 307 Å². The Bertz CT molecular complexity index is 2310. The summed E-state index contributed by atoms with van der Waals surface area (Å²) >= 11 is 14.8. The molecule has 6 aromatic rings. The van der Waals surface area contributed by atoms with Gasteiger partial charge in [-0.3, -0.25) is 0 Å². The first-order chi connectivity index (χ1) is 39.8.